The normalized spacial score (nSPS) is 22.3. The second-order valence-electron chi connectivity index (χ2n) is 6.38. The van der Waals surface area contributed by atoms with Gasteiger partial charge >= 0.3 is 0 Å². The monoisotopic (exact) mass is 411 g/mol. The average molecular weight is 412 g/mol. The summed E-state index contributed by atoms with van der Waals surface area (Å²) in [4.78, 5) is 11.8. The van der Waals surface area contributed by atoms with Crippen molar-refractivity contribution in [1.29, 1.82) is 0 Å². The highest BCUT2D eigenvalue weighted by atomic mass is 35.5. The molecule has 1 fully saturated rings. The molecule has 10 heteroatoms. The number of carbonyl (C=O) groups is 1. The second kappa shape index (κ2) is 7.35. The summed E-state index contributed by atoms with van der Waals surface area (Å²) in [6.07, 6.45) is 0. The lowest BCUT2D eigenvalue weighted by Gasteiger charge is -2.30. The van der Waals surface area contributed by atoms with Gasteiger partial charge in [-0.05, 0) is 48.5 Å². The molecule has 1 aliphatic heterocycles. The van der Waals surface area contributed by atoms with Crippen molar-refractivity contribution in [3.05, 3.63) is 58.8 Å². The fraction of sp³-hybridized carbons (Fsp3) is 0.235. The van der Waals surface area contributed by atoms with Crippen LogP contribution in [0.5, 0.6) is 11.5 Å². The van der Waals surface area contributed by atoms with Crippen molar-refractivity contribution >= 4 is 33.2 Å². The summed E-state index contributed by atoms with van der Waals surface area (Å²) in [5, 5.41) is 14.4. The molecule has 3 N–H and O–H groups in total. The van der Waals surface area contributed by atoms with E-state index >= 15 is 0 Å². The minimum absolute atomic E-state index is 0.151. The molecule has 2 aromatic carbocycles. The molecule has 0 radical (unpaired) electrons. The van der Waals surface area contributed by atoms with Crippen molar-refractivity contribution in [2.45, 2.75) is 12.5 Å². The Morgan fingerprint density at radius 3 is 2.26 bits per heavy atom. The van der Waals surface area contributed by atoms with E-state index in [0.29, 0.717) is 22.2 Å². The number of ether oxygens (including phenoxy) is 1. The maximum absolute atomic E-state index is 12.4. The van der Waals surface area contributed by atoms with Crippen molar-refractivity contribution in [3.8, 4) is 11.5 Å². The number of carbonyl (C=O) groups excluding carboxylic acids is 1. The maximum atomic E-state index is 12.4. The Labute approximate surface area is 161 Å². The van der Waals surface area contributed by atoms with E-state index in [-0.39, 0.29) is 6.67 Å². The van der Waals surface area contributed by atoms with Crippen LogP contribution in [0.1, 0.15) is 6.92 Å². The number of hydrogen-bond acceptors (Lipinski definition) is 5. The summed E-state index contributed by atoms with van der Waals surface area (Å²) < 4.78 is 32.8. The van der Waals surface area contributed by atoms with E-state index < -0.39 is 32.3 Å². The minimum atomic E-state index is -3.91. The van der Waals surface area contributed by atoms with Gasteiger partial charge in [0, 0.05) is 17.6 Å². The third-order valence-electron chi connectivity index (χ3n) is 4.18. The van der Waals surface area contributed by atoms with Crippen LogP contribution in [0.4, 0.5) is 5.69 Å². The highest BCUT2D eigenvalue weighted by molar-refractivity contribution is 7.92. The molecule has 8 nitrogen and oxygen atoms in total. The molecule has 2 unspecified atom stereocenters. The Morgan fingerprint density at radius 2 is 1.74 bits per heavy atom. The van der Waals surface area contributed by atoms with Crippen molar-refractivity contribution in [1.82, 2.24) is 5.32 Å². The number of amides is 1. The molecular formula is C17H18ClN3O5S. The number of hydrogen-bond donors (Lipinski definition) is 3. The predicted molar refractivity (Wildman–Crippen MR) is 101 cm³/mol. The lowest BCUT2D eigenvalue weighted by atomic mass is 10.1. The molecule has 1 amide bonds. The Bertz CT molecular complexity index is 934. The average Bonchev–Trinajstić information content (AvgIpc) is 2.85. The first kappa shape index (κ1) is 19.4. The number of hydroxylamine groups is 2. The molecule has 27 heavy (non-hydrogen) atoms. The van der Waals surface area contributed by atoms with Crippen molar-refractivity contribution < 1.29 is 23.0 Å². The van der Waals surface area contributed by atoms with Gasteiger partial charge in [-0.15, -0.1) is 0 Å². The van der Waals surface area contributed by atoms with Crippen LogP contribution in [0.2, 0.25) is 5.02 Å². The molecule has 0 aromatic heterocycles. The number of anilines is 1. The van der Waals surface area contributed by atoms with Crippen molar-refractivity contribution in [3.63, 3.8) is 0 Å². The summed E-state index contributed by atoms with van der Waals surface area (Å²) in [6.45, 7) is 1.18. The van der Waals surface area contributed by atoms with Crippen LogP contribution in [0.3, 0.4) is 0 Å². The summed E-state index contributed by atoms with van der Waals surface area (Å²) in [5.74, 6) is -0.0955. The second-order valence-corrected chi connectivity index (χ2v) is 8.54. The first-order valence-electron chi connectivity index (χ1n) is 8.04. The predicted octanol–water partition coefficient (Wildman–Crippen LogP) is 1.10. The molecule has 2 aromatic rings. The van der Waals surface area contributed by atoms with E-state index in [1.54, 1.807) is 36.4 Å². The van der Waals surface area contributed by atoms with Crippen LogP contribution in [0.25, 0.3) is 0 Å². The van der Waals surface area contributed by atoms with Gasteiger partial charge < -0.3 is 20.3 Å². The summed E-state index contributed by atoms with van der Waals surface area (Å²) in [7, 11) is -3.91. The molecule has 0 saturated carbocycles. The number of nitrogens with one attached hydrogen (secondary N) is 3. The number of quaternary nitrogens is 1. The van der Waals surface area contributed by atoms with Gasteiger partial charge in [0.15, 0.2) is 12.2 Å². The molecule has 2 atom stereocenters. The quantitative estimate of drug-likeness (QED) is 0.616. The third kappa shape index (κ3) is 4.51. The van der Waals surface area contributed by atoms with Gasteiger partial charge in [-0.25, -0.2) is 8.42 Å². The zero-order valence-corrected chi connectivity index (χ0v) is 15.9. The van der Waals surface area contributed by atoms with Gasteiger partial charge in [0.2, 0.25) is 10.0 Å². The molecular weight excluding hydrogens is 394 g/mol. The molecule has 1 aliphatic rings. The van der Waals surface area contributed by atoms with Gasteiger partial charge in [-0.2, -0.15) is 0 Å². The van der Waals surface area contributed by atoms with E-state index in [4.69, 9.17) is 16.3 Å². The SMILES string of the molecule is CC1(CS(=O)(=O)Nc2ccc(Oc3ccc(Cl)cc3)cc2)C(=O)NC[NH+]1[O-]. The van der Waals surface area contributed by atoms with Gasteiger partial charge in [-0.1, -0.05) is 11.6 Å². The number of rotatable bonds is 6. The van der Waals surface area contributed by atoms with Crippen LogP contribution in [-0.2, 0) is 14.8 Å². The molecule has 1 heterocycles. The smallest absolute Gasteiger partial charge is 0.286 e. The largest absolute Gasteiger partial charge is 0.632 e. The molecule has 144 valence electrons. The lowest BCUT2D eigenvalue weighted by Crippen LogP contribution is -3.15. The van der Waals surface area contributed by atoms with E-state index in [9.17, 15) is 18.4 Å². The van der Waals surface area contributed by atoms with Gasteiger partial charge in [0.1, 0.15) is 17.3 Å². The van der Waals surface area contributed by atoms with Crippen LogP contribution in [0.15, 0.2) is 48.5 Å². The Hall–Kier alpha value is -2.33. The van der Waals surface area contributed by atoms with Gasteiger partial charge in [0.05, 0.1) is 0 Å². The topological polar surface area (TPSA) is 112 Å². The zero-order valence-electron chi connectivity index (χ0n) is 14.4. The van der Waals surface area contributed by atoms with E-state index in [0.717, 1.165) is 0 Å². The van der Waals surface area contributed by atoms with Gasteiger partial charge in [0.25, 0.3) is 5.91 Å². The highest BCUT2D eigenvalue weighted by Crippen LogP contribution is 2.25. The Kier molecular flexibility index (Phi) is 5.29. The summed E-state index contributed by atoms with van der Waals surface area (Å²) >= 11 is 5.82. The highest BCUT2D eigenvalue weighted by Gasteiger charge is 2.48. The molecule has 1 saturated heterocycles. The zero-order chi connectivity index (χ0) is 19.7. The first-order valence-corrected chi connectivity index (χ1v) is 10.1. The molecule has 0 spiro atoms. The maximum Gasteiger partial charge on any atom is 0.286 e. The van der Waals surface area contributed by atoms with Crippen molar-refractivity contribution in [2.75, 3.05) is 17.1 Å². The van der Waals surface area contributed by atoms with Crippen LogP contribution in [-0.4, -0.2) is 32.3 Å². The number of benzene rings is 2. The third-order valence-corrected chi connectivity index (χ3v) is 5.94. The standard InChI is InChI=1S/C17H18ClN3O5S/c1-17(16(22)19-11-21(17)23)10-27(24,25)20-13-4-8-15(9-5-13)26-14-6-2-12(18)3-7-14/h2-9,20-21H,10-11H2,1H3,(H,19,22). The van der Waals surface area contributed by atoms with Crippen molar-refractivity contribution in [2.24, 2.45) is 0 Å². The Morgan fingerprint density at radius 1 is 1.19 bits per heavy atom. The van der Waals surface area contributed by atoms with E-state index in [1.807, 2.05) is 0 Å². The van der Waals surface area contributed by atoms with Crippen LogP contribution >= 0.6 is 11.6 Å². The molecule has 0 aliphatic carbocycles. The summed E-state index contributed by atoms with van der Waals surface area (Å²) in [6, 6.07) is 13.1. The van der Waals surface area contributed by atoms with Gasteiger partial charge in [-0.3, -0.25) is 9.52 Å². The Balaban J connectivity index is 1.66. The van der Waals surface area contributed by atoms with E-state index in [2.05, 4.69) is 10.0 Å². The fourth-order valence-electron chi connectivity index (χ4n) is 2.65. The first-order chi connectivity index (χ1) is 12.7. The number of sulfonamides is 1. The molecule has 0 bridgehead atoms. The number of halogens is 1. The lowest BCUT2D eigenvalue weighted by molar-refractivity contribution is -0.879. The van der Waals surface area contributed by atoms with Crippen LogP contribution < -0.4 is 19.8 Å². The summed E-state index contributed by atoms with van der Waals surface area (Å²) in [5.41, 5.74) is -1.28. The van der Waals surface area contributed by atoms with Crippen LogP contribution in [0, 0.1) is 5.21 Å². The fourth-order valence-corrected chi connectivity index (χ4v) is 4.39. The van der Waals surface area contributed by atoms with E-state index in [1.165, 1.54) is 19.1 Å². The molecule has 3 rings (SSSR count). The minimum Gasteiger partial charge on any atom is -0.632 e.